The molecule has 164 valence electrons. The number of rotatable bonds is 5. The summed E-state index contributed by atoms with van der Waals surface area (Å²) < 4.78 is 59.9. The summed E-state index contributed by atoms with van der Waals surface area (Å²) >= 11 is 1.32. The molecule has 0 bridgehead atoms. The van der Waals surface area contributed by atoms with Crippen LogP contribution in [0.25, 0.3) is 10.2 Å². The highest BCUT2D eigenvalue weighted by atomic mass is 32.2. The highest BCUT2D eigenvalue weighted by molar-refractivity contribution is 7.89. The number of benzene rings is 2. The first kappa shape index (κ1) is 21.6. The lowest BCUT2D eigenvalue weighted by atomic mass is 9.97. The van der Waals surface area contributed by atoms with Crippen LogP contribution in [-0.2, 0) is 14.8 Å². The highest BCUT2D eigenvalue weighted by Crippen LogP contribution is 2.31. The first-order valence-corrected chi connectivity index (χ1v) is 11.7. The van der Waals surface area contributed by atoms with Crippen molar-refractivity contribution in [2.24, 2.45) is 5.92 Å². The molecule has 0 radical (unpaired) electrons. The topological polar surface area (TPSA) is 88.6 Å². The SMILES string of the molecule is COc1ccc2nc(NC(=O)C3CCN(S(=O)(=O)c4cc(F)ccc4F)CC3)sc2c1. The second-order valence-electron chi connectivity index (χ2n) is 7.10. The van der Waals surface area contributed by atoms with Crippen LogP contribution in [0.4, 0.5) is 13.9 Å². The summed E-state index contributed by atoms with van der Waals surface area (Å²) in [6.07, 6.45) is 0.529. The minimum atomic E-state index is -4.18. The van der Waals surface area contributed by atoms with E-state index in [1.54, 1.807) is 19.2 Å². The number of ether oxygens (including phenoxy) is 1. The van der Waals surface area contributed by atoms with E-state index in [-0.39, 0.29) is 31.8 Å². The lowest BCUT2D eigenvalue weighted by Gasteiger charge is -2.30. The summed E-state index contributed by atoms with van der Waals surface area (Å²) in [4.78, 5) is 16.3. The van der Waals surface area contributed by atoms with Crippen molar-refractivity contribution in [3.05, 3.63) is 48.0 Å². The molecule has 1 amide bonds. The molecule has 3 aromatic rings. The van der Waals surface area contributed by atoms with Crippen LogP contribution in [0.3, 0.4) is 0 Å². The summed E-state index contributed by atoms with van der Waals surface area (Å²) in [5.74, 6) is -1.81. The number of anilines is 1. The van der Waals surface area contributed by atoms with E-state index >= 15 is 0 Å². The molecule has 1 N–H and O–H groups in total. The van der Waals surface area contributed by atoms with Crippen molar-refractivity contribution in [1.82, 2.24) is 9.29 Å². The van der Waals surface area contributed by atoms with Gasteiger partial charge in [-0.05, 0) is 49.2 Å². The molecule has 11 heteroatoms. The Morgan fingerprint density at radius 2 is 1.94 bits per heavy atom. The Bertz CT molecular complexity index is 1240. The van der Waals surface area contributed by atoms with Gasteiger partial charge in [0.2, 0.25) is 15.9 Å². The Hall–Kier alpha value is -2.63. The van der Waals surface area contributed by atoms with Gasteiger partial charge in [-0.1, -0.05) is 11.3 Å². The number of fused-ring (bicyclic) bond motifs is 1. The molecule has 0 aliphatic carbocycles. The van der Waals surface area contributed by atoms with E-state index in [1.165, 1.54) is 11.3 Å². The minimum Gasteiger partial charge on any atom is -0.497 e. The maximum absolute atomic E-state index is 14.0. The Morgan fingerprint density at radius 1 is 1.19 bits per heavy atom. The molecular formula is C20H19F2N3O4S2. The molecule has 4 rings (SSSR count). The maximum atomic E-state index is 14.0. The van der Waals surface area contributed by atoms with Crippen LogP contribution in [0.2, 0.25) is 0 Å². The second-order valence-corrected chi connectivity index (χ2v) is 10.0. The molecule has 1 fully saturated rings. The number of sulfonamides is 1. The smallest absolute Gasteiger partial charge is 0.246 e. The van der Waals surface area contributed by atoms with E-state index in [0.717, 1.165) is 26.7 Å². The molecule has 2 aromatic carbocycles. The fourth-order valence-electron chi connectivity index (χ4n) is 3.47. The fraction of sp³-hybridized carbons (Fsp3) is 0.300. The predicted octanol–water partition coefficient (Wildman–Crippen LogP) is 3.62. The number of carbonyl (C=O) groups excluding carboxylic acids is 1. The lowest BCUT2D eigenvalue weighted by Crippen LogP contribution is -2.41. The van der Waals surface area contributed by atoms with E-state index in [9.17, 15) is 22.0 Å². The van der Waals surface area contributed by atoms with Gasteiger partial charge in [-0.2, -0.15) is 4.31 Å². The van der Waals surface area contributed by atoms with E-state index in [4.69, 9.17) is 4.74 Å². The van der Waals surface area contributed by atoms with Gasteiger partial charge in [0, 0.05) is 19.0 Å². The van der Waals surface area contributed by atoms with E-state index in [2.05, 4.69) is 10.3 Å². The third kappa shape index (κ3) is 4.39. The first-order chi connectivity index (χ1) is 14.8. The standard InChI is InChI=1S/C20H19F2N3O4S2/c1-29-14-3-5-16-17(11-14)30-20(23-16)24-19(26)12-6-8-25(9-7-12)31(27,28)18-10-13(21)2-4-15(18)22/h2-5,10-12H,6-9H2,1H3,(H,23,24,26). The van der Waals surface area contributed by atoms with Crippen LogP contribution in [-0.4, -0.2) is 43.8 Å². The largest absolute Gasteiger partial charge is 0.497 e. The number of carbonyl (C=O) groups is 1. The Morgan fingerprint density at radius 3 is 2.65 bits per heavy atom. The third-order valence-corrected chi connectivity index (χ3v) is 8.01. The number of hydrogen-bond donors (Lipinski definition) is 1. The number of methoxy groups -OCH3 is 1. The van der Waals surface area contributed by atoms with Gasteiger partial charge in [-0.15, -0.1) is 0 Å². The summed E-state index contributed by atoms with van der Waals surface area (Å²) in [5, 5.41) is 3.24. The summed E-state index contributed by atoms with van der Waals surface area (Å²) in [5.41, 5.74) is 0.735. The van der Waals surface area contributed by atoms with Gasteiger partial charge in [0.15, 0.2) is 5.13 Å². The molecule has 0 saturated carbocycles. The average molecular weight is 468 g/mol. The Labute approximate surface area is 181 Å². The highest BCUT2D eigenvalue weighted by Gasteiger charge is 2.34. The quantitative estimate of drug-likeness (QED) is 0.619. The first-order valence-electron chi connectivity index (χ1n) is 9.48. The zero-order valence-electron chi connectivity index (χ0n) is 16.5. The van der Waals surface area contributed by atoms with Crippen molar-refractivity contribution < 1.29 is 26.7 Å². The van der Waals surface area contributed by atoms with Crippen molar-refractivity contribution in [1.29, 1.82) is 0 Å². The van der Waals surface area contributed by atoms with Crippen LogP contribution in [0.5, 0.6) is 5.75 Å². The van der Waals surface area contributed by atoms with Crippen LogP contribution in [0.15, 0.2) is 41.3 Å². The zero-order valence-corrected chi connectivity index (χ0v) is 18.1. The molecule has 0 spiro atoms. The molecule has 0 atom stereocenters. The summed E-state index contributed by atoms with van der Waals surface area (Å²) in [7, 11) is -2.61. The Kier molecular flexibility index (Phi) is 5.91. The van der Waals surface area contributed by atoms with Crippen molar-refractivity contribution in [3.8, 4) is 5.75 Å². The third-order valence-electron chi connectivity index (χ3n) is 5.16. The maximum Gasteiger partial charge on any atom is 0.246 e. The second kappa shape index (κ2) is 8.48. The fourth-order valence-corrected chi connectivity index (χ4v) is 5.91. The van der Waals surface area contributed by atoms with Gasteiger partial charge in [0.25, 0.3) is 0 Å². The van der Waals surface area contributed by atoms with Gasteiger partial charge < -0.3 is 10.1 Å². The monoisotopic (exact) mass is 467 g/mol. The number of thiazole rings is 1. The molecule has 31 heavy (non-hydrogen) atoms. The minimum absolute atomic E-state index is 0.0351. The van der Waals surface area contributed by atoms with Crippen molar-refractivity contribution in [2.45, 2.75) is 17.7 Å². The van der Waals surface area contributed by atoms with Crippen LogP contribution in [0, 0.1) is 17.6 Å². The number of piperidine rings is 1. The number of amides is 1. The van der Waals surface area contributed by atoms with Crippen molar-refractivity contribution >= 4 is 42.6 Å². The van der Waals surface area contributed by atoms with Crippen molar-refractivity contribution in [3.63, 3.8) is 0 Å². The molecule has 0 unspecified atom stereocenters. The van der Waals surface area contributed by atoms with Gasteiger partial charge in [0.1, 0.15) is 22.3 Å². The molecule has 1 aliphatic rings. The van der Waals surface area contributed by atoms with Crippen LogP contribution in [0.1, 0.15) is 12.8 Å². The van der Waals surface area contributed by atoms with E-state index < -0.39 is 32.5 Å². The average Bonchev–Trinajstić information content (AvgIpc) is 3.16. The van der Waals surface area contributed by atoms with Gasteiger partial charge in [0.05, 0.1) is 17.3 Å². The van der Waals surface area contributed by atoms with E-state index in [1.807, 2.05) is 6.07 Å². The molecule has 2 heterocycles. The molecule has 1 saturated heterocycles. The van der Waals surface area contributed by atoms with Crippen LogP contribution >= 0.6 is 11.3 Å². The van der Waals surface area contributed by atoms with Crippen LogP contribution < -0.4 is 10.1 Å². The van der Waals surface area contributed by atoms with Gasteiger partial charge in [-0.25, -0.2) is 22.2 Å². The van der Waals surface area contributed by atoms with Gasteiger partial charge in [-0.3, -0.25) is 4.79 Å². The normalized spacial score (nSPS) is 15.8. The summed E-state index contributed by atoms with van der Waals surface area (Å²) in [6.45, 7) is 0.0703. The Balaban J connectivity index is 1.41. The van der Waals surface area contributed by atoms with Gasteiger partial charge >= 0.3 is 0 Å². The molecular weight excluding hydrogens is 448 g/mol. The number of halogens is 2. The van der Waals surface area contributed by atoms with E-state index in [0.29, 0.717) is 16.9 Å². The summed E-state index contributed by atoms with van der Waals surface area (Å²) in [6, 6.07) is 7.74. The number of aromatic nitrogens is 1. The predicted molar refractivity (Wildman–Crippen MR) is 113 cm³/mol. The molecule has 1 aliphatic heterocycles. The number of nitrogens with zero attached hydrogens (tertiary/aromatic N) is 2. The number of hydrogen-bond acceptors (Lipinski definition) is 6. The van der Waals surface area contributed by atoms with Crippen molar-refractivity contribution in [2.75, 3.05) is 25.5 Å². The lowest BCUT2D eigenvalue weighted by molar-refractivity contribution is -0.120. The number of nitrogens with one attached hydrogen (secondary N) is 1. The zero-order chi connectivity index (χ0) is 22.2. The molecule has 1 aromatic heterocycles. The molecule has 7 nitrogen and oxygen atoms in total.